The molecule has 0 saturated carbocycles. The van der Waals surface area contributed by atoms with Gasteiger partial charge in [-0.2, -0.15) is 10.1 Å². The Labute approximate surface area is 85.6 Å². The Balaban J connectivity index is 2.63. The number of rotatable bonds is 3. The molecule has 15 heavy (non-hydrogen) atoms. The Kier molecular flexibility index (Phi) is 2.32. The third-order valence-corrected chi connectivity index (χ3v) is 2.05. The van der Waals surface area contributed by atoms with Gasteiger partial charge in [-0.1, -0.05) is 13.3 Å². The Bertz CT molecular complexity index is 506. The van der Waals surface area contributed by atoms with Crippen molar-refractivity contribution < 1.29 is 9.90 Å². The van der Waals surface area contributed by atoms with Crippen molar-refractivity contribution in [1.29, 1.82) is 0 Å². The van der Waals surface area contributed by atoms with E-state index in [2.05, 4.69) is 15.1 Å². The number of fused-ring (bicyclic) bond motifs is 1. The second-order valence-corrected chi connectivity index (χ2v) is 3.16. The molecule has 0 bridgehead atoms. The van der Waals surface area contributed by atoms with Crippen LogP contribution in [0, 0.1) is 0 Å². The number of hydrogen-bond donors (Lipinski definition) is 1. The van der Waals surface area contributed by atoms with Gasteiger partial charge in [-0.05, 0) is 12.5 Å². The molecule has 1 N–H and O–H groups in total. The van der Waals surface area contributed by atoms with Crippen LogP contribution in [0.25, 0.3) is 5.78 Å². The highest BCUT2D eigenvalue weighted by atomic mass is 16.4. The molecule has 0 aliphatic heterocycles. The molecule has 0 fully saturated rings. The molecule has 6 nitrogen and oxygen atoms in total. The standard InChI is InChI=1S/C9H10N4O2/c1-2-3-6-4-7(8(14)15)12-9-10-5-11-13(6)9/h4-5H,2-3H2,1H3,(H,14,15). The van der Waals surface area contributed by atoms with Crippen LogP contribution in [0.1, 0.15) is 29.5 Å². The molecule has 78 valence electrons. The molecule has 0 aromatic carbocycles. The number of nitrogens with zero attached hydrogens (tertiary/aromatic N) is 4. The maximum atomic E-state index is 10.8. The summed E-state index contributed by atoms with van der Waals surface area (Å²) < 4.78 is 1.57. The molecular formula is C9H10N4O2. The SMILES string of the molecule is CCCc1cc(C(=O)O)nc2ncnn12. The first-order valence-corrected chi connectivity index (χ1v) is 4.65. The van der Waals surface area contributed by atoms with E-state index in [4.69, 9.17) is 5.11 Å². The van der Waals surface area contributed by atoms with E-state index in [0.29, 0.717) is 5.78 Å². The third kappa shape index (κ3) is 1.65. The normalized spacial score (nSPS) is 10.7. The lowest BCUT2D eigenvalue weighted by molar-refractivity contribution is 0.0690. The zero-order valence-electron chi connectivity index (χ0n) is 8.21. The number of aryl methyl sites for hydroxylation is 1. The summed E-state index contributed by atoms with van der Waals surface area (Å²) in [4.78, 5) is 18.6. The first-order chi connectivity index (χ1) is 7.22. The molecule has 0 saturated heterocycles. The van der Waals surface area contributed by atoms with Gasteiger partial charge in [-0.25, -0.2) is 14.3 Å². The molecule has 0 atom stereocenters. The first kappa shape index (κ1) is 9.57. The fraction of sp³-hybridized carbons (Fsp3) is 0.333. The lowest BCUT2D eigenvalue weighted by Gasteiger charge is -2.02. The van der Waals surface area contributed by atoms with E-state index in [9.17, 15) is 4.79 Å². The molecule has 0 unspecified atom stereocenters. The van der Waals surface area contributed by atoms with Crippen molar-refractivity contribution in [3.63, 3.8) is 0 Å². The molecule has 6 heteroatoms. The van der Waals surface area contributed by atoms with E-state index >= 15 is 0 Å². The first-order valence-electron chi connectivity index (χ1n) is 4.65. The van der Waals surface area contributed by atoms with Gasteiger partial charge in [0.05, 0.1) is 0 Å². The van der Waals surface area contributed by atoms with Crippen molar-refractivity contribution in [2.45, 2.75) is 19.8 Å². The van der Waals surface area contributed by atoms with E-state index in [1.54, 1.807) is 4.52 Å². The van der Waals surface area contributed by atoms with E-state index in [-0.39, 0.29) is 5.69 Å². The summed E-state index contributed by atoms with van der Waals surface area (Å²) in [5.74, 6) is -0.712. The van der Waals surface area contributed by atoms with Crippen molar-refractivity contribution in [2.24, 2.45) is 0 Å². The number of hydrogen-bond acceptors (Lipinski definition) is 4. The molecule has 2 heterocycles. The van der Waals surface area contributed by atoms with E-state index in [0.717, 1.165) is 18.5 Å². The minimum atomic E-state index is -1.04. The van der Waals surface area contributed by atoms with Crippen LogP contribution in [0.4, 0.5) is 0 Å². The van der Waals surface area contributed by atoms with Crippen molar-refractivity contribution >= 4 is 11.7 Å². The zero-order chi connectivity index (χ0) is 10.8. The van der Waals surface area contributed by atoms with E-state index in [1.165, 1.54) is 12.4 Å². The zero-order valence-corrected chi connectivity index (χ0v) is 8.21. The number of carboxylic acids is 1. The number of carboxylic acid groups (broad SMARTS) is 1. The second-order valence-electron chi connectivity index (χ2n) is 3.16. The predicted molar refractivity (Wildman–Crippen MR) is 51.7 cm³/mol. The van der Waals surface area contributed by atoms with Gasteiger partial charge >= 0.3 is 5.97 Å². The van der Waals surface area contributed by atoms with Crippen molar-refractivity contribution in [3.8, 4) is 0 Å². The minimum absolute atomic E-state index is 0.0129. The number of aromatic nitrogens is 4. The van der Waals surface area contributed by atoms with E-state index < -0.39 is 5.97 Å². The van der Waals surface area contributed by atoms with Gasteiger partial charge in [0.1, 0.15) is 6.33 Å². The monoisotopic (exact) mass is 206 g/mol. The predicted octanol–water partition coefficient (Wildman–Crippen LogP) is 0.775. The Hall–Kier alpha value is -1.98. The molecule has 0 aliphatic rings. The van der Waals surface area contributed by atoms with Gasteiger partial charge in [-0.15, -0.1) is 0 Å². The number of carbonyl (C=O) groups is 1. The molecule has 0 aliphatic carbocycles. The van der Waals surface area contributed by atoms with Crippen LogP contribution in [-0.4, -0.2) is 30.7 Å². The van der Waals surface area contributed by atoms with Gasteiger partial charge in [-0.3, -0.25) is 0 Å². The van der Waals surface area contributed by atoms with Crippen LogP contribution >= 0.6 is 0 Å². The molecule has 0 amide bonds. The summed E-state index contributed by atoms with van der Waals surface area (Å²) in [5.41, 5.74) is 0.830. The summed E-state index contributed by atoms with van der Waals surface area (Å²) in [5, 5.41) is 12.8. The smallest absolute Gasteiger partial charge is 0.354 e. The summed E-state index contributed by atoms with van der Waals surface area (Å²) in [7, 11) is 0. The average Bonchev–Trinajstić information content (AvgIpc) is 2.65. The van der Waals surface area contributed by atoms with Gasteiger partial charge in [0, 0.05) is 5.69 Å². The highest BCUT2D eigenvalue weighted by Gasteiger charge is 2.11. The molecule has 2 aromatic rings. The van der Waals surface area contributed by atoms with Gasteiger partial charge in [0.25, 0.3) is 5.78 Å². The average molecular weight is 206 g/mol. The van der Waals surface area contributed by atoms with Crippen molar-refractivity contribution in [3.05, 3.63) is 23.8 Å². The maximum Gasteiger partial charge on any atom is 0.354 e. The summed E-state index contributed by atoms with van der Waals surface area (Å²) >= 11 is 0. The second kappa shape index (κ2) is 3.64. The summed E-state index contributed by atoms with van der Waals surface area (Å²) in [6.45, 7) is 2.02. The van der Waals surface area contributed by atoms with Crippen LogP contribution in [-0.2, 0) is 6.42 Å². The molecule has 0 radical (unpaired) electrons. The van der Waals surface area contributed by atoms with Crippen LogP contribution in [0.2, 0.25) is 0 Å². The molecule has 2 rings (SSSR count). The van der Waals surface area contributed by atoms with Gasteiger partial charge in [0.2, 0.25) is 0 Å². The fourth-order valence-corrected chi connectivity index (χ4v) is 1.42. The molecule has 0 spiro atoms. The Morgan fingerprint density at radius 2 is 2.40 bits per heavy atom. The van der Waals surface area contributed by atoms with Crippen LogP contribution in [0.5, 0.6) is 0 Å². The fourth-order valence-electron chi connectivity index (χ4n) is 1.42. The minimum Gasteiger partial charge on any atom is -0.477 e. The van der Waals surface area contributed by atoms with Crippen LogP contribution in [0.15, 0.2) is 12.4 Å². The maximum absolute atomic E-state index is 10.8. The van der Waals surface area contributed by atoms with Crippen molar-refractivity contribution in [2.75, 3.05) is 0 Å². The largest absolute Gasteiger partial charge is 0.477 e. The molecule has 2 aromatic heterocycles. The highest BCUT2D eigenvalue weighted by Crippen LogP contribution is 2.07. The Morgan fingerprint density at radius 3 is 3.07 bits per heavy atom. The summed E-state index contributed by atoms with van der Waals surface area (Å²) in [6.07, 6.45) is 3.04. The highest BCUT2D eigenvalue weighted by molar-refractivity contribution is 5.85. The Morgan fingerprint density at radius 1 is 1.60 bits per heavy atom. The quantitative estimate of drug-likeness (QED) is 0.802. The van der Waals surface area contributed by atoms with E-state index in [1.807, 2.05) is 6.92 Å². The lowest BCUT2D eigenvalue weighted by Crippen LogP contribution is -2.07. The topological polar surface area (TPSA) is 80.4 Å². The number of aromatic carboxylic acids is 1. The van der Waals surface area contributed by atoms with Crippen LogP contribution in [0.3, 0.4) is 0 Å². The third-order valence-electron chi connectivity index (χ3n) is 2.05. The summed E-state index contributed by atoms with van der Waals surface area (Å²) in [6, 6.07) is 1.54. The van der Waals surface area contributed by atoms with Gasteiger partial charge in [0.15, 0.2) is 5.69 Å². The molecular weight excluding hydrogens is 196 g/mol. The van der Waals surface area contributed by atoms with Crippen molar-refractivity contribution in [1.82, 2.24) is 19.6 Å². The van der Waals surface area contributed by atoms with Gasteiger partial charge < -0.3 is 5.11 Å². The lowest BCUT2D eigenvalue weighted by atomic mass is 10.2. The van der Waals surface area contributed by atoms with Crippen LogP contribution < -0.4 is 0 Å².